The zero-order valence-electron chi connectivity index (χ0n) is 17.5. The summed E-state index contributed by atoms with van der Waals surface area (Å²) in [7, 11) is 5.73. The third kappa shape index (κ3) is 5.54. The number of aromatic nitrogens is 2. The van der Waals surface area contributed by atoms with Crippen molar-refractivity contribution in [3.8, 4) is 23.3 Å². The smallest absolute Gasteiger partial charge is 0.163 e. The van der Waals surface area contributed by atoms with Gasteiger partial charge >= 0.3 is 0 Å². The van der Waals surface area contributed by atoms with Crippen LogP contribution in [0.25, 0.3) is 21.8 Å². The summed E-state index contributed by atoms with van der Waals surface area (Å²) in [4.78, 5) is 9.94. The average Bonchev–Trinajstić information content (AvgIpc) is 2.99. The van der Waals surface area contributed by atoms with Gasteiger partial charge in [-0.2, -0.15) is 0 Å². The first-order chi connectivity index (χ1) is 13.3. The predicted molar refractivity (Wildman–Crippen MR) is 119 cm³/mol. The molecule has 0 radical (unpaired) electrons. The average molecular weight is 418 g/mol. The topological polar surface area (TPSA) is 70.6 Å². The van der Waals surface area contributed by atoms with E-state index in [9.17, 15) is 5.11 Å². The maximum Gasteiger partial charge on any atom is 0.163 e. The van der Waals surface area contributed by atoms with Crippen molar-refractivity contribution < 1.29 is 14.6 Å². The van der Waals surface area contributed by atoms with Gasteiger partial charge in [0, 0.05) is 29.6 Å². The molecule has 3 aromatic rings. The molecule has 0 fully saturated rings. The molecule has 0 aliphatic carbocycles. The quantitative estimate of drug-likeness (QED) is 0.473. The summed E-state index contributed by atoms with van der Waals surface area (Å²) in [5, 5.41) is 11.8. The lowest BCUT2D eigenvalue weighted by molar-refractivity contribution is 0.143. The number of H-pyrrole nitrogens is 1. The van der Waals surface area contributed by atoms with Crippen LogP contribution in [-0.4, -0.2) is 59.9 Å². The van der Waals surface area contributed by atoms with Crippen molar-refractivity contribution in [1.82, 2.24) is 14.9 Å². The standard InChI is InChI=1S/C22H27N3O3.ClH/c1-22(2,26)9-7-16-21-15-13-19(27-5)20(28-12-6-11-25(3)4)14-18(15)24-17(21)8-10-23-16;/h8,10,13-14,24,26H,6,11-12H2,1-5H3;1H. The van der Waals surface area contributed by atoms with Crippen molar-refractivity contribution in [2.45, 2.75) is 25.9 Å². The lowest BCUT2D eigenvalue weighted by atomic mass is 10.1. The number of hydrogen-bond acceptors (Lipinski definition) is 5. The van der Waals surface area contributed by atoms with Crippen molar-refractivity contribution in [1.29, 1.82) is 0 Å². The van der Waals surface area contributed by atoms with Crippen LogP contribution in [0.1, 0.15) is 26.0 Å². The molecule has 1 aromatic carbocycles. The molecule has 7 heteroatoms. The Morgan fingerprint density at radius 3 is 2.62 bits per heavy atom. The van der Waals surface area contributed by atoms with E-state index in [-0.39, 0.29) is 12.4 Å². The number of benzene rings is 1. The fourth-order valence-corrected chi connectivity index (χ4v) is 3.00. The van der Waals surface area contributed by atoms with Crippen molar-refractivity contribution in [3.63, 3.8) is 0 Å². The van der Waals surface area contributed by atoms with E-state index >= 15 is 0 Å². The summed E-state index contributed by atoms with van der Waals surface area (Å²) in [6, 6.07) is 5.82. The second-order valence-corrected chi connectivity index (χ2v) is 7.57. The Kier molecular flexibility index (Phi) is 7.37. The second kappa shape index (κ2) is 9.36. The molecule has 3 rings (SSSR count). The molecule has 0 saturated carbocycles. The van der Waals surface area contributed by atoms with Gasteiger partial charge in [0.2, 0.25) is 0 Å². The van der Waals surface area contributed by atoms with Gasteiger partial charge in [0.05, 0.1) is 24.8 Å². The van der Waals surface area contributed by atoms with Crippen LogP contribution < -0.4 is 9.47 Å². The maximum absolute atomic E-state index is 9.92. The molecule has 0 spiro atoms. The zero-order chi connectivity index (χ0) is 20.3. The minimum Gasteiger partial charge on any atom is -0.493 e. The number of ether oxygens (including phenoxy) is 2. The molecule has 0 atom stereocenters. The first-order valence-corrected chi connectivity index (χ1v) is 9.30. The van der Waals surface area contributed by atoms with E-state index < -0.39 is 5.60 Å². The highest BCUT2D eigenvalue weighted by Gasteiger charge is 2.15. The minimum absolute atomic E-state index is 0. The number of pyridine rings is 1. The van der Waals surface area contributed by atoms with Gasteiger partial charge in [-0.3, -0.25) is 0 Å². The minimum atomic E-state index is -1.08. The Morgan fingerprint density at radius 1 is 1.21 bits per heavy atom. The van der Waals surface area contributed by atoms with Gasteiger partial charge in [-0.05, 0) is 52.4 Å². The van der Waals surface area contributed by atoms with Gasteiger partial charge in [0.1, 0.15) is 11.3 Å². The van der Waals surface area contributed by atoms with E-state index in [4.69, 9.17) is 9.47 Å². The van der Waals surface area contributed by atoms with Crippen LogP contribution in [0.15, 0.2) is 24.4 Å². The fraction of sp³-hybridized carbons (Fsp3) is 0.409. The van der Waals surface area contributed by atoms with Crippen LogP contribution >= 0.6 is 12.4 Å². The van der Waals surface area contributed by atoms with E-state index in [2.05, 4.69) is 26.7 Å². The number of nitrogens with one attached hydrogen (secondary N) is 1. The largest absolute Gasteiger partial charge is 0.493 e. The van der Waals surface area contributed by atoms with Crippen LogP contribution in [0.4, 0.5) is 0 Å². The van der Waals surface area contributed by atoms with Gasteiger partial charge in [-0.15, -0.1) is 12.4 Å². The molecule has 0 aliphatic heterocycles. The normalized spacial score (nSPS) is 11.3. The molecule has 2 N–H and O–H groups in total. The Morgan fingerprint density at radius 2 is 1.97 bits per heavy atom. The highest BCUT2D eigenvalue weighted by molar-refractivity contribution is 6.10. The van der Waals surface area contributed by atoms with Crippen molar-refractivity contribution in [2.75, 3.05) is 34.4 Å². The molecule has 156 valence electrons. The lowest BCUT2D eigenvalue weighted by Crippen LogP contribution is -2.15. The van der Waals surface area contributed by atoms with Gasteiger partial charge in [-0.25, -0.2) is 4.98 Å². The molecule has 0 saturated heterocycles. The first kappa shape index (κ1) is 22.8. The monoisotopic (exact) mass is 417 g/mol. The number of aromatic amines is 1. The summed E-state index contributed by atoms with van der Waals surface area (Å²) in [5.41, 5.74) is 1.39. The van der Waals surface area contributed by atoms with E-state index in [1.165, 1.54) is 0 Å². The number of nitrogens with zero attached hydrogens (tertiary/aromatic N) is 2. The summed E-state index contributed by atoms with van der Waals surface area (Å²) in [6.45, 7) is 4.88. The molecule has 29 heavy (non-hydrogen) atoms. The number of hydrogen-bond donors (Lipinski definition) is 2. The van der Waals surface area contributed by atoms with Gasteiger partial charge in [0.15, 0.2) is 11.5 Å². The Bertz CT molecular complexity index is 1040. The molecule has 2 aromatic heterocycles. The summed E-state index contributed by atoms with van der Waals surface area (Å²) in [6.07, 6.45) is 2.64. The molecule has 0 aliphatic rings. The van der Waals surface area contributed by atoms with Crippen molar-refractivity contribution in [2.24, 2.45) is 0 Å². The van der Waals surface area contributed by atoms with Crippen LogP contribution in [0, 0.1) is 11.8 Å². The second-order valence-electron chi connectivity index (χ2n) is 7.57. The van der Waals surface area contributed by atoms with Crippen molar-refractivity contribution in [3.05, 3.63) is 30.1 Å². The number of methoxy groups -OCH3 is 1. The Labute approximate surface area is 177 Å². The Balaban J connectivity index is 0.00000300. The van der Waals surface area contributed by atoms with Gasteiger partial charge in [-0.1, -0.05) is 5.92 Å². The molecule has 0 unspecified atom stereocenters. The van der Waals surface area contributed by atoms with Crippen LogP contribution in [0.5, 0.6) is 11.5 Å². The van der Waals surface area contributed by atoms with Crippen LogP contribution in [0.3, 0.4) is 0 Å². The number of aliphatic hydroxyl groups is 1. The van der Waals surface area contributed by atoms with E-state index in [1.807, 2.05) is 32.3 Å². The maximum atomic E-state index is 9.92. The van der Waals surface area contributed by atoms with Gasteiger partial charge < -0.3 is 24.5 Å². The van der Waals surface area contributed by atoms with E-state index in [1.54, 1.807) is 27.2 Å². The van der Waals surface area contributed by atoms with Crippen LogP contribution in [0.2, 0.25) is 0 Å². The fourth-order valence-electron chi connectivity index (χ4n) is 3.00. The Hall–Kier alpha value is -2.46. The molecule has 2 heterocycles. The highest BCUT2D eigenvalue weighted by atomic mass is 35.5. The lowest BCUT2D eigenvalue weighted by Gasteiger charge is -2.13. The summed E-state index contributed by atoms with van der Waals surface area (Å²) >= 11 is 0. The number of halogens is 1. The SMILES string of the molecule is COc1cc2c(cc1OCCCN(C)C)[nH]c1ccnc(C#CC(C)(C)O)c12.Cl. The third-order valence-corrected chi connectivity index (χ3v) is 4.29. The number of rotatable bonds is 6. The van der Waals surface area contributed by atoms with E-state index in [0.29, 0.717) is 23.8 Å². The molecular formula is C22H28ClN3O3. The summed E-state index contributed by atoms with van der Waals surface area (Å²) in [5.74, 6) is 7.22. The first-order valence-electron chi connectivity index (χ1n) is 9.30. The highest BCUT2D eigenvalue weighted by Crippen LogP contribution is 2.36. The summed E-state index contributed by atoms with van der Waals surface area (Å²) < 4.78 is 11.5. The molecule has 0 amide bonds. The van der Waals surface area contributed by atoms with E-state index in [0.717, 1.165) is 34.8 Å². The molecule has 0 bridgehead atoms. The zero-order valence-corrected chi connectivity index (χ0v) is 18.3. The van der Waals surface area contributed by atoms with Crippen molar-refractivity contribution >= 4 is 34.2 Å². The molecular weight excluding hydrogens is 390 g/mol. The third-order valence-electron chi connectivity index (χ3n) is 4.29. The predicted octanol–water partition coefficient (Wildman–Crippen LogP) is 3.60. The molecule has 6 nitrogen and oxygen atoms in total. The van der Waals surface area contributed by atoms with Crippen LogP contribution in [-0.2, 0) is 0 Å². The number of fused-ring (bicyclic) bond motifs is 3. The van der Waals surface area contributed by atoms with Gasteiger partial charge in [0.25, 0.3) is 0 Å².